The monoisotopic (exact) mass is 493 g/mol. The fourth-order valence-electron chi connectivity index (χ4n) is 3.24. The SMILES string of the molecule is O=C(C=Cc1cccc(C(=O)Nc2cccc(C(F)(F)F)c2)c1)Nc1ccccc1-c1nccs1. The molecule has 0 aliphatic rings. The van der Waals surface area contributed by atoms with E-state index in [0.29, 0.717) is 11.3 Å². The summed E-state index contributed by atoms with van der Waals surface area (Å²) in [7, 11) is 0. The van der Waals surface area contributed by atoms with Crippen LogP contribution in [-0.4, -0.2) is 16.8 Å². The second-order valence-electron chi connectivity index (χ2n) is 7.36. The Hall–Kier alpha value is -4.24. The molecular formula is C26H18F3N3O2S. The van der Waals surface area contributed by atoms with Crippen LogP contribution < -0.4 is 10.6 Å². The Morgan fingerprint density at radius 3 is 2.49 bits per heavy atom. The lowest BCUT2D eigenvalue weighted by Gasteiger charge is -2.10. The molecule has 0 unspecified atom stereocenters. The van der Waals surface area contributed by atoms with Gasteiger partial charge in [-0.25, -0.2) is 4.98 Å². The Labute approximate surface area is 203 Å². The van der Waals surface area contributed by atoms with Gasteiger partial charge in [0.1, 0.15) is 5.01 Å². The number of nitrogens with zero attached hydrogens (tertiary/aromatic N) is 1. The molecule has 0 spiro atoms. The number of nitrogens with one attached hydrogen (secondary N) is 2. The molecule has 176 valence electrons. The number of thiazole rings is 1. The van der Waals surface area contributed by atoms with Crippen molar-refractivity contribution in [2.75, 3.05) is 10.6 Å². The second kappa shape index (κ2) is 10.4. The number of carbonyl (C=O) groups is 2. The van der Waals surface area contributed by atoms with E-state index < -0.39 is 17.6 Å². The van der Waals surface area contributed by atoms with Crippen molar-refractivity contribution < 1.29 is 22.8 Å². The third-order valence-electron chi connectivity index (χ3n) is 4.87. The lowest BCUT2D eigenvalue weighted by atomic mass is 10.1. The van der Waals surface area contributed by atoms with Crippen molar-refractivity contribution in [2.24, 2.45) is 0 Å². The van der Waals surface area contributed by atoms with Crippen LogP contribution in [0.5, 0.6) is 0 Å². The summed E-state index contributed by atoms with van der Waals surface area (Å²) < 4.78 is 38.7. The van der Waals surface area contributed by atoms with E-state index >= 15 is 0 Å². The van der Waals surface area contributed by atoms with Gasteiger partial charge in [0.25, 0.3) is 5.91 Å². The number of aromatic nitrogens is 1. The summed E-state index contributed by atoms with van der Waals surface area (Å²) in [5.74, 6) is -0.936. The van der Waals surface area contributed by atoms with Crippen LogP contribution in [-0.2, 0) is 11.0 Å². The number of hydrogen-bond acceptors (Lipinski definition) is 4. The standard InChI is InChI=1S/C26H18F3N3O2S/c27-26(28,29)19-7-4-8-20(16-19)31-24(34)18-6-3-5-17(15-18)11-12-23(33)32-22-10-2-1-9-21(22)25-30-13-14-35-25/h1-16H,(H,31,34)(H,32,33). The average Bonchev–Trinajstić information content (AvgIpc) is 3.38. The van der Waals surface area contributed by atoms with Crippen LogP contribution in [0.2, 0.25) is 0 Å². The Kier molecular flexibility index (Phi) is 7.07. The first kappa shape index (κ1) is 23.9. The lowest BCUT2D eigenvalue weighted by molar-refractivity contribution is -0.137. The fraction of sp³-hybridized carbons (Fsp3) is 0.0385. The summed E-state index contributed by atoms with van der Waals surface area (Å²) in [4.78, 5) is 29.3. The third-order valence-corrected chi connectivity index (χ3v) is 5.68. The molecule has 0 atom stereocenters. The Bertz CT molecular complexity index is 1380. The number of benzene rings is 3. The molecule has 9 heteroatoms. The average molecular weight is 494 g/mol. The van der Waals surface area contributed by atoms with Crippen molar-refractivity contribution >= 4 is 40.6 Å². The van der Waals surface area contributed by atoms with Crippen LogP contribution in [0.3, 0.4) is 0 Å². The molecule has 5 nitrogen and oxygen atoms in total. The summed E-state index contributed by atoms with van der Waals surface area (Å²) >= 11 is 1.46. The fourth-order valence-corrected chi connectivity index (χ4v) is 3.92. The zero-order valence-electron chi connectivity index (χ0n) is 18.0. The van der Waals surface area contributed by atoms with Gasteiger partial charge in [0.2, 0.25) is 5.91 Å². The Morgan fingerprint density at radius 2 is 1.71 bits per heavy atom. The van der Waals surface area contributed by atoms with Crippen molar-refractivity contribution in [3.05, 3.63) is 107 Å². The number of carbonyl (C=O) groups excluding carboxylic acids is 2. The summed E-state index contributed by atoms with van der Waals surface area (Å²) in [5, 5.41) is 7.93. The van der Waals surface area contributed by atoms with E-state index in [4.69, 9.17) is 0 Å². The molecular weight excluding hydrogens is 475 g/mol. The van der Waals surface area contributed by atoms with Crippen molar-refractivity contribution in [3.8, 4) is 10.6 Å². The number of amides is 2. The van der Waals surface area contributed by atoms with Gasteiger partial charge in [-0.05, 0) is 54.1 Å². The quantitative estimate of drug-likeness (QED) is 0.293. The minimum atomic E-state index is -4.51. The van der Waals surface area contributed by atoms with Crippen LogP contribution in [0.25, 0.3) is 16.6 Å². The van der Waals surface area contributed by atoms with E-state index in [-0.39, 0.29) is 17.2 Å². The molecule has 2 N–H and O–H groups in total. The van der Waals surface area contributed by atoms with Gasteiger partial charge in [0.05, 0.1) is 11.3 Å². The van der Waals surface area contributed by atoms with Gasteiger partial charge in [-0.15, -0.1) is 11.3 Å². The van der Waals surface area contributed by atoms with Crippen molar-refractivity contribution in [2.45, 2.75) is 6.18 Å². The topological polar surface area (TPSA) is 71.1 Å². The maximum absolute atomic E-state index is 12.9. The number of hydrogen-bond donors (Lipinski definition) is 2. The van der Waals surface area contributed by atoms with Crippen LogP contribution >= 0.6 is 11.3 Å². The van der Waals surface area contributed by atoms with Crippen LogP contribution in [0.15, 0.2) is 90.4 Å². The van der Waals surface area contributed by atoms with Crippen LogP contribution in [0.1, 0.15) is 21.5 Å². The molecule has 1 aromatic heterocycles. The normalized spacial score (nSPS) is 11.4. The van der Waals surface area contributed by atoms with E-state index in [1.165, 1.54) is 41.7 Å². The third kappa shape index (κ3) is 6.21. The van der Waals surface area contributed by atoms with Crippen molar-refractivity contribution in [3.63, 3.8) is 0 Å². The maximum Gasteiger partial charge on any atom is 0.416 e. The predicted molar refractivity (Wildman–Crippen MR) is 131 cm³/mol. The summed E-state index contributed by atoms with van der Waals surface area (Å²) in [6, 6.07) is 18.1. The number of anilines is 2. The van der Waals surface area contributed by atoms with Gasteiger partial charge in [-0.1, -0.05) is 30.3 Å². The Morgan fingerprint density at radius 1 is 0.914 bits per heavy atom. The molecule has 1 heterocycles. The number of rotatable bonds is 6. The van der Waals surface area contributed by atoms with Crippen LogP contribution in [0.4, 0.5) is 24.5 Å². The number of alkyl halides is 3. The highest BCUT2D eigenvalue weighted by molar-refractivity contribution is 7.13. The molecule has 4 rings (SSSR count). The minimum Gasteiger partial charge on any atom is -0.322 e. The molecule has 35 heavy (non-hydrogen) atoms. The van der Waals surface area contributed by atoms with E-state index in [9.17, 15) is 22.8 Å². The minimum absolute atomic E-state index is 0.0315. The van der Waals surface area contributed by atoms with Crippen molar-refractivity contribution in [1.29, 1.82) is 0 Å². The first-order chi connectivity index (χ1) is 16.8. The molecule has 0 saturated heterocycles. The molecule has 0 radical (unpaired) electrons. The van der Waals surface area contributed by atoms with Gasteiger partial charge in [0.15, 0.2) is 0 Å². The first-order valence-electron chi connectivity index (χ1n) is 10.4. The van der Waals surface area contributed by atoms with Gasteiger partial charge in [-0.3, -0.25) is 9.59 Å². The molecule has 4 aromatic rings. The molecule has 0 fully saturated rings. The lowest BCUT2D eigenvalue weighted by Crippen LogP contribution is -2.13. The number of halogens is 3. The van der Waals surface area contributed by atoms with E-state index in [0.717, 1.165) is 22.7 Å². The van der Waals surface area contributed by atoms with Gasteiger partial charge in [0, 0.05) is 34.5 Å². The largest absolute Gasteiger partial charge is 0.416 e. The molecule has 0 aliphatic heterocycles. The van der Waals surface area contributed by atoms with Gasteiger partial charge in [-0.2, -0.15) is 13.2 Å². The molecule has 0 bridgehead atoms. The van der Waals surface area contributed by atoms with E-state index in [1.807, 2.05) is 23.6 Å². The molecule has 2 amide bonds. The highest BCUT2D eigenvalue weighted by atomic mass is 32.1. The summed E-state index contributed by atoms with van der Waals surface area (Å²) in [6.45, 7) is 0. The molecule has 3 aromatic carbocycles. The Balaban J connectivity index is 1.44. The van der Waals surface area contributed by atoms with E-state index in [1.54, 1.807) is 30.5 Å². The maximum atomic E-state index is 12.9. The summed E-state index contributed by atoms with van der Waals surface area (Å²) in [6.07, 6.45) is 0.0618. The smallest absolute Gasteiger partial charge is 0.322 e. The first-order valence-corrected chi connectivity index (χ1v) is 11.2. The summed E-state index contributed by atoms with van der Waals surface area (Å²) in [5.41, 5.74) is 1.41. The zero-order chi connectivity index (χ0) is 24.8. The highest BCUT2D eigenvalue weighted by Crippen LogP contribution is 2.31. The second-order valence-corrected chi connectivity index (χ2v) is 8.26. The molecule has 0 saturated carbocycles. The number of para-hydroxylation sites is 1. The zero-order valence-corrected chi connectivity index (χ0v) is 18.9. The van der Waals surface area contributed by atoms with Crippen molar-refractivity contribution in [1.82, 2.24) is 4.98 Å². The van der Waals surface area contributed by atoms with E-state index in [2.05, 4.69) is 15.6 Å². The van der Waals surface area contributed by atoms with Gasteiger partial charge >= 0.3 is 6.18 Å². The highest BCUT2D eigenvalue weighted by Gasteiger charge is 2.30. The molecule has 0 aliphatic carbocycles. The predicted octanol–water partition coefficient (Wildman–Crippen LogP) is 6.73. The van der Waals surface area contributed by atoms with Crippen LogP contribution in [0, 0.1) is 0 Å². The van der Waals surface area contributed by atoms with Gasteiger partial charge < -0.3 is 10.6 Å².